The quantitative estimate of drug-likeness (QED) is 0.443. The second-order valence-electron chi connectivity index (χ2n) is 6.07. The van der Waals surface area contributed by atoms with Gasteiger partial charge in [0, 0.05) is 14.9 Å². The van der Waals surface area contributed by atoms with Crippen molar-refractivity contribution in [1.29, 1.82) is 0 Å². The molecule has 3 rings (SSSR count). The summed E-state index contributed by atoms with van der Waals surface area (Å²) in [7, 11) is -3.77. The standard InChI is InChI=1S/C20H16ClIN2O3S/c1-13-2-9-17(10-3-13)28(26,27)24-16-8-11-19(21)18(12-16)20(25)23-15-6-4-14(22)5-7-15/h2-12,24H,1H3,(H,23,25). The minimum atomic E-state index is -3.77. The fourth-order valence-electron chi connectivity index (χ4n) is 2.43. The number of amides is 1. The largest absolute Gasteiger partial charge is 0.322 e. The maximum absolute atomic E-state index is 12.6. The molecule has 1 amide bonds. The summed E-state index contributed by atoms with van der Waals surface area (Å²) >= 11 is 8.32. The molecule has 0 aliphatic carbocycles. The van der Waals surface area contributed by atoms with Gasteiger partial charge in [-0.25, -0.2) is 8.42 Å². The molecule has 0 radical (unpaired) electrons. The Morgan fingerprint density at radius 2 is 1.54 bits per heavy atom. The lowest BCUT2D eigenvalue weighted by atomic mass is 10.2. The number of carbonyl (C=O) groups excluding carboxylic acids is 1. The molecule has 0 aliphatic rings. The first-order chi connectivity index (χ1) is 13.2. The summed E-state index contributed by atoms with van der Waals surface area (Å²) < 4.78 is 28.6. The Morgan fingerprint density at radius 3 is 2.18 bits per heavy atom. The van der Waals surface area contributed by atoms with Gasteiger partial charge in [-0.05, 0) is 84.1 Å². The Bertz CT molecular complexity index is 1120. The molecule has 0 saturated heterocycles. The van der Waals surface area contributed by atoms with E-state index in [1.165, 1.54) is 30.3 Å². The molecular weight excluding hydrogens is 511 g/mol. The van der Waals surface area contributed by atoms with Crippen LogP contribution in [0.5, 0.6) is 0 Å². The fraction of sp³-hybridized carbons (Fsp3) is 0.0500. The number of halogens is 2. The van der Waals surface area contributed by atoms with E-state index in [2.05, 4.69) is 32.6 Å². The SMILES string of the molecule is Cc1ccc(S(=O)(=O)Nc2ccc(Cl)c(C(=O)Nc3ccc(I)cc3)c2)cc1. The van der Waals surface area contributed by atoms with Crippen molar-refractivity contribution < 1.29 is 13.2 Å². The van der Waals surface area contributed by atoms with E-state index in [0.29, 0.717) is 5.69 Å². The van der Waals surface area contributed by atoms with Crippen LogP contribution in [0, 0.1) is 10.5 Å². The zero-order valence-electron chi connectivity index (χ0n) is 14.7. The van der Waals surface area contributed by atoms with Crippen molar-refractivity contribution in [2.45, 2.75) is 11.8 Å². The number of nitrogens with one attached hydrogen (secondary N) is 2. The summed E-state index contributed by atoms with van der Waals surface area (Å²) in [4.78, 5) is 12.7. The van der Waals surface area contributed by atoms with E-state index >= 15 is 0 Å². The molecule has 144 valence electrons. The van der Waals surface area contributed by atoms with Crippen molar-refractivity contribution in [3.05, 3.63) is 86.4 Å². The van der Waals surface area contributed by atoms with Crippen LogP contribution in [0.1, 0.15) is 15.9 Å². The van der Waals surface area contributed by atoms with Crippen molar-refractivity contribution >= 4 is 61.5 Å². The van der Waals surface area contributed by atoms with Crippen LogP contribution < -0.4 is 10.0 Å². The maximum atomic E-state index is 12.6. The number of sulfonamides is 1. The first kappa shape index (κ1) is 20.6. The van der Waals surface area contributed by atoms with Crippen LogP contribution in [-0.4, -0.2) is 14.3 Å². The summed E-state index contributed by atoms with van der Waals surface area (Å²) in [6.45, 7) is 1.88. The van der Waals surface area contributed by atoms with Gasteiger partial charge in [-0.3, -0.25) is 9.52 Å². The van der Waals surface area contributed by atoms with Gasteiger partial charge in [0.25, 0.3) is 15.9 Å². The minimum absolute atomic E-state index is 0.137. The zero-order valence-corrected chi connectivity index (χ0v) is 18.5. The molecule has 0 aromatic heterocycles. The normalized spacial score (nSPS) is 11.1. The molecule has 0 atom stereocenters. The molecule has 0 saturated carbocycles. The fourth-order valence-corrected chi connectivity index (χ4v) is 4.04. The summed E-state index contributed by atoms with van der Waals surface area (Å²) in [6, 6.07) is 18.2. The Balaban J connectivity index is 1.83. The monoisotopic (exact) mass is 526 g/mol. The van der Waals surface area contributed by atoms with Crippen LogP contribution in [0.15, 0.2) is 71.6 Å². The molecule has 5 nitrogen and oxygen atoms in total. The Kier molecular flexibility index (Phi) is 6.26. The number of hydrogen-bond donors (Lipinski definition) is 2. The van der Waals surface area contributed by atoms with Gasteiger partial charge in [-0.1, -0.05) is 29.3 Å². The van der Waals surface area contributed by atoms with Gasteiger partial charge in [0.15, 0.2) is 0 Å². The van der Waals surface area contributed by atoms with Crippen molar-refractivity contribution in [2.75, 3.05) is 10.0 Å². The van der Waals surface area contributed by atoms with Gasteiger partial charge in [0.1, 0.15) is 0 Å². The second-order valence-corrected chi connectivity index (χ2v) is 9.41. The summed E-state index contributed by atoms with van der Waals surface area (Å²) in [5, 5.41) is 2.97. The summed E-state index contributed by atoms with van der Waals surface area (Å²) in [5.41, 5.74) is 1.99. The Labute approximate surface area is 182 Å². The number of rotatable bonds is 5. The van der Waals surface area contributed by atoms with E-state index in [1.54, 1.807) is 24.3 Å². The molecule has 0 unspecified atom stereocenters. The Hall–Kier alpha value is -2.10. The lowest BCUT2D eigenvalue weighted by Crippen LogP contribution is -2.15. The zero-order chi connectivity index (χ0) is 20.3. The third kappa shape index (κ3) is 5.03. The topological polar surface area (TPSA) is 75.3 Å². The maximum Gasteiger partial charge on any atom is 0.261 e. The minimum Gasteiger partial charge on any atom is -0.322 e. The molecule has 2 N–H and O–H groups in total. The number of aryl methyl sites for hydroxylation is 1. The highest BCUT2D eigenvalue weighted by molar-refractivity contribution is 14.1. The average molecular weight is 527 g/mol. The molecule has 0 bridgehead atoms. The van der Waals surface area contributed by atoms with Gasteiger partial charge in [0.2, 0.25) is 0 Å². The second kappa shape index (κ2) is 8.50. The molecule has 0 spiro atoms. The molecule has 0 heterocycles. The van der Waals surface area contributed by atoms with Crippen LogP contribution in [0.25, 0.3) is 0 Å². The number of carbonyl (C=O) groups is 1. The highest BCUT2D eigenvalue weighted by atomic mass is 127. The van der Waals surface area contributed by atoms with Crippen molar-refractivity contribution in [3.8, 4) is 0 Å². The average Bonchev–Trinajstić information content (AvgIpc) is 2.65. The molecular formula is C20H16ClIN2O3S. The Morgan fingerprint density at radius 1 is 0.929 bits per heavy atom. The lowest BCUT2D eigenvalue weighted by Gasteiger charge is -2.11. The van der Waals surface area contributed by atoms with Gasteiger partial charge in [-0.15, -0.1) is 0 Å². The van der Waals surface area contributed by atoms with Crippen molar-refractivity contribution in [3.63, 3.8) is 0 Å². The first-order valence-electron chi connectivity index (χ1n) is 8.20. The van der Waals surface area contributed by atoms with E-state index in [4.69, 9.17) is 11.6 Å². The van der Waals surface area contributed by atoms with E-state index in [9.17, 15) is 13.2 Å². The summed E-state index contributed by atoms with van der Waals surface area (Å²) in [6.07, 6.45) is 0. The lowest BCUT2D eigenvalue weighted by molar-refractivity contribution is 0.102. The smallest absolute Gasteiger partial charge is 0.261 e. The number of anilines is 2. The third-order valence-corrected chi connectivity index (χ3v) is 6.34. The number of benzene rings is 3. The van der Waals surface area contributed by atoms with Gasteiger partial charge >= 0.3 is 0 Å². The highest BCUT2D eigenvalue weighted by Crippen LogP contribution is 2.24. The highest BCUT2D eigenvalue weighted by Gasteiger charge is 2.17. The van der Waals surface area contributed by atoms with Gasteiger partial charge in [-0.2, -0.15) is 0 Å². The molecule has 3 aromatic rings. The van der Waals surface area contributed by atoms with E-state index < -0.39 is 15.9 Å². The van der Waals surface area contributed by atoms with Crippen LogP contribution in [0.3, 0.4) is 0 Å². The predicted octanol–water partition coefficient (Wildman–Crippen LogP) is 5.31. The van der Waals surface area contributed by atoms with E-state index in [1.807, 2.05) is 19.1 Å². The first-order valence-corrected chi connectivity index (χ1v) is 11.1. The molecule has 28 heavy (non-hydrogen) atoms. The predicted molar refractivity (Wildman–Crippen MR) is 121 cm³/mol. The molecule has 0 fully saturated rings. The van der Waals surface area contributed by atoms with Crippen LogP contribution >= 0.6 is 34.2 Å². The molecule has 8 heteroatoms. The van der Waals surface area contributed by atoms with Crippen LogP contribution in [-0.2, 0) is 10.0 Å². The van der Waals surface area contributed by atoms with Gasteiger partial charge in [0.05, 0.1) is 15.5 Å². The van der Waals surface area contributed by atoms with E-state index in [-0.39, 0.29) is 21.2 Å². The van der Waals surface area contributed by atoms with Crippen LogP contribution in [0.4, 0.5) is 11.4 Å². The van der Waals surface area contributed by atoms with Crippen LogP contribution in [0.2, 0.25) is 5.02 Å². The molecule has 0 aliphatic heterocycles. The molecule has 3 aromatic carbocycles. The number of hydrogen-bond acceptors (Lipinski definition) is 3. The van der Waals surface area contributed by atoms with E-state index in [0.717, 1.165) is 9.13 Å². The third-order valence-electron chi connectivity index (χ3n) is 3.90. The summed E-state index contributed by atoms with van der Waals surface area (Å²) in [5.74, 6) is -0.428. The van der Waals surface area contributed by atoms with Crippen molar-refractivity contribution in [2.24, 2.45) is 0 Å². The van der Waals surface area contributed by atoms with Crippen molar-refractivity contribution in [1.82, 2.24) is 0 Å². The van der Waals surface area contributed by atoms with Gasteiger partial charge < -0.3 is 5.32 Å².